The van der Waals surface area contributed by atoms with Crippen molar-refractivity contribution < 1.29 is 0 Å². The summed E-state index contributed by atoms with van der Waals surface area (Å²) in [5.41, 5.74) is 1.41. The Morgan fingerprint density at radius 1 is 1.24 bits per heavy atom. The zero-order chi connectivity index (χ0) is 11.7. The van der Waals surface area contributed by atoms with Crippen LogP contribution in [0.3, 0.4) is 0 Å². The van der Waals surface area contributed by atoms with Crippen molar-refractivity contribution in [2.45, 2.75) is 47.9 Å². The van der Waals surface area contributed by atoms with E-state index in [4.69, 9.17) is 5.14 Å². The SMILES string of the molecule is NSc1ccc2c(c1)N(C1CCCCC1)CS2. The monoisotopic (exact) mass is 266 g/mol. The maximum atomic E-state index is 5.66. The molecular formula is C13H18N2S2. The molecule has 0 bridgehead atoms. The van der Waals surface area contributed by atoms with E-state index in [0.717, 1.165) is 11.9 Å². The number of hydrogen-bond donors (Lipinski definition) is 1. The summed E-state index contributed by atoms with van der Waals surface area (Å²) in [6, 6.07) is 7.36. The van der Waals surface area contributed by atoms with Gasteiger partial charge >= 0.3 is 0 Å². The molecule has 1 aliphatic heterocycles. The van der Waals surface area contributed by atoms with Crippen molar-refractivity contribution in [3.8, 4) is 0 Å². The lowest BCUT2D eigenvalue weighted by Gasteiger charge is -2.32. The molecule has 0 atom stereocenters. The topological polar surface area (TPSA) is 29.3 Å². The summed E-state index contributed by atoms with van der Waals surface area (Å²) in [4.78, 5) is 5.19. The van der Waals surface area contributed by atoms with Gasteiger partial charge in [-0.05, 0) is 43.0 Å². The first kappa shape index (κ1) is 11.8. The number of hydrogen-bond acceptors (Lipinski definition) is 4. The minimum Gasteiger partial charge on any atom is -0.358 e. The number of fused-ring (bicyclic) bond motifs is 1. The molecule has 4 heteroatoms. The van der Waals surface area contributed by atoms with E-state index in [2.05, 4.69) is 23.1 Å². The minimum absolute atomic E-state index is 0.760. The summed E-state index contributed by atoms with van der Waals surface area (Å²) in [5, 5.41) is 5.66. The van der Waals surface area contributed by atoms with E-state index in [1.165, 1.54) is 59.5 Å². The van der Waals surface area contributed by atoms with Gasteiger partial charge in [-0.2, -0.15) is 0 Å². The predicted octanol–water partition coefficient (Wildman–Crippen LogP) is 3.85. The lowest BCUT2D eigenvalue weighted by atomic mass is 9.94. The van der Waals surface area contributed by atoms with Crippen LogP contribution in [0.25, 0.3) is 0 Å². The second kappa shape index (κ2) is 5.12. The molecule has 2 nitrogen and oxygen atoms in total. The molecule has 0 amide bonds. The van der Waals surface area contributed by atoms with Crippen LogP contribution in [0.5, 0.6) is 0 Å². The van der Waals surface area contributed by atoms with Gasteiger partial charge in [0.25, 0.3) is 0 Å². The Hall–Kier alpha value is -0.320. The number of thioether (sulfide) groups is 1. The summed E-state index contributed by atoms with van der Waals surface area (Å²) >= 11 is 3.31. The summed E-state index contributed by atoms with van der Waals surface area (Å²) in [5.74, 6) is 1.12. The van der Waals surface area contributed by atoms with Gasteiger partial charge in [0.15, 0.2) is 0 Å². The molecule has 2 aliphatic rings. The summed E-state index contributed by atoms with van der Waals surface area (Å²) in [7, 11) is 0. The molecule has 1 aromatic rings. The molecule has 0 unspecified atom stereocenters. The number of rotatable bonds is 2. The van der Waals surface area contributed by atoms with Crippen LogP contribution in [0.15, 0.2) is 28.0 Å². The average molecular weight is 266 g/mol. The molecule has 3 rings (SSSR count). The van der Waals surface area contributed by atoms with Gasteiger partial charge in [0.05, 0.1) is 11.6 Å². The first-order chi connectivity index (χ1) is 8.38. The van der Waals surface area contributed by atoms with Crippen molar-refractivity contribution in [1.29, 1.82) is 0 Å². The van der Waals surface area contributed by atoms with Gasteiger partial charge in [-0.25, -0.2) is 0 Å². The van der Waals surface area contributed by atoms with Crippen LogP contribution in [0.1, 0.15) is 32.1 Å². The highest BCUT2D eigenvalue weighted by Gasteiger charge is 2.27. The fourth-order valence-electron chi connectivity index (χ4n) is 2.82. The molecule has 17 heavy (non-hydrogen) atoms. The third-order valence-electron chi connectivity index (χ3n) is 3.75. The molecular weight excluding hydrogens is 248 g/mol. The van der Waals surface area contributed by atoms with Gasteiger partial charge in [0, 0.05) is 15.8 Å². The third-order valence-corrected chi connectivity index (χ3v) is 5.34. The van der Waals surface area contributed by atoms with Crippen LogP contribution >= 0.6 is 23.7 Å². The van der Waals surface area contributed by atoms with E-state index in [-0.39, 0.29) is 0 Å². The van der Waals surface area contributed by atoms with E-state index in [0.29, 0.717) is 0 Å². The molecule has 1 saturated carbocycles. The van der Waals surface area contributed by atoms with Gasteiger partial charge in [-0.3, -0.25) is 5.14 Å². The number of nitrogens with two attached hydrogens (primary N) is 1. The number of benzene rings is 1. The highest BCUT2D eigenvalue weighted by molar-refractivity contribution is 8.00. The Bertz CT molecular complexity index is 402. The Labute approximate surface area is 111 Å². The molecule has 1 aromatic carbocycles. The van der Waals surface area contributed by atoms with E-state index in [1.54, 1.807) is 0 Å². The smallest absolute Gasteiger partial charge is 0.0690 e. The highest BCUT2D eigenvalue weighted by Crippen LogP contribution is 2.43. The molecule has 1 aliphatic carbocycles. The predicted molar refractivity (Wildman–Crippen MR) is 76.6 cm³/mol. The molecule has 1 fully saturated rings. The maximum Gasteiger partial charge on any atom is 0.0690 e. The Kier molecular flexibility index (Phi) is 3.54. The van der Waals surface area contributed by atoms with Crippen molar-refractivity contribution >= 4 is 29.4 Å². The van der Waals surface area contributed by atoms with E-state index in [9.17, 15) is 0 Å². The minimum atomic E-state index is 0.760. The van der Waals surface area contributed by atoms with E-state index >= 15 is 0 Å². The largest absolute Gasteiger partial charge is 0.358 e. The lowest BCUT2D eigenvalue weighted by Crippen LogP contribution is -2.34. The van der Waals surface area contributed by atoms with Crippen LogP contribution in [0, 0.1) is 0 Å². The summed E-state index contributed by atoms with van der Waals surface area (Å²) < 4.78 is 0. The van der Waals surface area contributed by atoms with Gasteiger partial charge in [-0.1, -0.05) is 19.3 Å². The molecule has 0 aromatic heterocycles. The van der Waals surface area contributed by atoms with E-state index < -0.39 is 0 Å². The molecule has 0 saturated heterocycles. The molecule has 92 valence electrons. The normalized spacial score (nSPS) is 20.6. The second-order valence-corrected chi connectivity index (χ2v) is 6.48. The maximum absolute atomic E-state index is 5.66. The van der Waals surface area contributed by atoms with Crippen LogP contribution in [-0.4, -0.2) is 11.9 Å². The summed E-state index contributed by atoms with van der Waals surface area (Å²) in [6.07, 6.45) is 6.93. The van der Waals surface area contributed by atoms with Crippen LogP contribution in [-0.2, 0) is 0 Å². The van der Waals surface area contributed by atoms with Crippen LogP contribution in [0.4, 0.5) is 5.69 Å². The van der Waals surface area contributed by atoms with Gasteiger partial charge in [0.1, 0.15) is 0 Å². The van der Waals surface area contributed by atoms with Gasteiger partial charge in [-0.15, -0.1) is 11.8 Å². The lowest BCUT2D eigenvalue weighted by molar-refractivity contribution is 0.425. The fraction of sp³-hybridized carbons (Fsp3) is 0.538. The van der Waals surface area contributed by atoms with Crippen LogP contribution < -0.4 is 10.0 Å². The van der Waals surface area contributed by atoms with E-state index in [1.807, 2.05) is 11.8 Å². The number of anilines is 1. The first-order valence-electron chi connectivity index (χ1n) is 6.29. The Morgan fingerprint density at radius 3 is 2.82 bits per heavy atom. The molecule has 0 radical (unpaired) electrons. The first-order valence-corrected chi connectivity index (χ1v) is 8.15. The molecule has 2 N–H and O–H groups in total. The van der Waals surface area contributed by atoms with Crippen molar-refractivity contribution in [1.82, 2.24) is 0 Å². The quantitative estimate of drug-likeness (QED) is 0.823. The third kappa shape index (κ3) is 2.30. The standard InChI is InChI=1S/C13H18N2S2/c14-17-11-6-7-13-12(8-11)15(9-16-13)10-4-2-1-3-5-10/h6-8,10H,1-5,9,14H2. The van der Waals surface area contributed by atoms with Crippen molar-refractivity contribution in [2.75, 3.05) is 10.8 Å². The Balaban J connectivity index is 1.85. The average Bonchev–Trinajstić information content (AvgIpc) is 2.82. The van der Waals surface area contributed by atoms with Crippen molar-refractivity contribution in [2.24, 2.45) is 5.14 Å². The molecule has 0 spiro atoms. The summed E-state index contributed by atoms with van der Waals surface area (Å²) in [6.45, 7) is 0. The molecule has 1 heterocycles. The zero-order valence-electron chi connectivity index (χ0n) is 9.89. The van der Waals surface area contributed by atoms with Gasteiger partial charge < -0.3 is 4.90 Å². The fourth-order valence-corrected chi connectivity index (χ4v) is 4.26. The van der Waals surface area contributed by atoms with Gasteiger partial charge in [0.2, 0.25) is 0 Å². The highest BCUT2D eigenvalue weighted by atomic mass is 32.2. The van der Waals surface area contributed by atoms with Crippen molar-refractivity contribution in [3.05, 3.63) is 18.2 Å². The zero-order valence-corrected chi connectivity index (χ0v) is 11.5. The second-order valence-electron chi connectivity index (χ2n) is 4.78. The number of nitrogens with zero attached hydrogens (tertiary/aromatic N) is 1. The van der Waals surface area contributed by atoms with Crippen molar-refractivity contribution in [3.63, 3.8) is 0 Å². The Morgan fingerprint density at radius 2 is 2.06 bits per heavy atom. The van der Waals surface area contributed by atoms with Crippen LogP contribution in [0.2, 0.25) is 0 Å².